The Morgan fingerprint density at radius 1 is 0.250 bits per heavy atom. The molecule has 0 amide bonds. The highest BCUT2D eigenvalue weighted by atomic mass is 16.5. The molecule has 0 spiro atoms. The second-order valence-corrected chi connectivity index (χ2v) is 27.8. The molecule has 2 aliphatic heterocycles. The minimum absolute atomic E-state index is 0.0465. The van der Waals surface area contributed by atoms with Gasteiger partial charge >= 0.3 is 0 Å². The molecule has 17 aromatic rings. The van der Waals surface area contributed by atoms with Crippen LogP contribution in [0, 0.1) is 0 Å². The number of anilines is 3. The lowest BCUT2D eigenvalue weighted by molar-refractivity contribution is 0.487. The summed E-state index contributed by atoms with van der Waals surface area (Å²) in [4.78, 5) is 2.44. The molecule has 19 rings (SSSR count). The van der Waals surface area contributed by atoms with Crippen LogP contribution in [0.4, 0.5) is 17.1 Å². The van der Waals surface area contributed by atoms with Crippen molar-refractivity contribution in [1.29, 1.82) is 0 Å². The second-order valence-electron chi connectivity index (χ2n) is 27.8. The monoisotopic (exact) mass is 1320 g/mol. The normalized spacial score (nSPS) is 12.4. The summed E-state index contributed by atoms with van der Waals surface area (Å²) in [7, 11) is 121. The molecule has 5 heterocycles. The third-order valence-electron chi connectivity index (χ3n) is 22.2. The van der Waals surface area contributed by atoms with Gasteiger partial charge in [0.15, 0.2) is 0 Å². The Morgan fingerprint density at radius 2 is 0.639 bits per heavy atom. The van der Waals surface area contributed by atoms with Gasteiger partial charge in [-0.05, 0) is 115 Å². The van der Waals surface area contributed by atoms with Gasteiger partial charge in [-0.1, -0.05) is 195 Å². The highest BCUT2D eigenvalue weighted by molar-refractivity contribution is 6.99. The molecule has 0 N–H and O–H groups in total. The first-order valence-electron chi connectivity index (χ1n) is 34.7. The zero-order valence-corrected chi connectivity index (χ0v) is 57.9. The van der Waals surface area contributed by atoms with Crippen molar-refractivity contribution in [2.45, 2.75) is 0 Å². The Hall–Kier alpha value is -10.7. The number of hydrogen-bond donors (Lipinski definition) is 0. The third-order valence-corrected chi connectivity index (χ3v) is 22.2. The molecular formula is C84H35B19N4O. The van der Waals surface area contributed by atoms with Crippen molar-refractivity contribution in [3.63, 3.8) is 0 Å². The van der Waals surface area contributed by atoms with Crippen LogP contribution in [-0.4, -0.2) is 162 Å². The maximum atomic E-state index is 7.64. The number of fused-ring (bicyclic) bond motifs is 13. The number of para-hydroxylation sites is 3. The lowest BCUT2D eigenvalue weighted by Crippen LogP contribution is -2.59. The lowest BCUT2D eigenvalue weighted by atomic mass is 9.34. The van der Waals surface area contributed by atoms with E-state index in [-0.39, 0.29) is 110 Å². The Morgan fingerprint density at radius 3 is 1.12 bits per heavy atom. The van der Waals surface area contributed by atoms with Crippen molar-refractivity contribution in [2.75, 3.05) is 4.90 Å². The largest absolute Gasteiger partial charge is 0.458 e. The highest BCUT2D eigenvalue weighted by Gasteiger charge is 2.44. The van der Waals surface area contributed by atoms with Crippen molar-refractivity contribution in [2.24, 2.45) is 0 Å². The molecule has 0 unspecified atom stereocenters. The molecule has 0 saturated carbocycles. The number of aromatic nitrogens is 3. The van der Waals surface area contributed by atoms with E-state index in [1.807, 2.05) is 42.5 Å². The number of ether oxygens (including phenoxy) is 1. The van der Waals surface area contributed by atoms with Gasteiger partial charge < -0.3 is 23.3 Å². The van der Waals surface area contributed by atoms with Crippen molar-refractivity contribution in [1.82, 2.24) is 13.7 Å². The fraction of sp³-hybridized carbons (Fsp3) is 0. The van der Waals surface area contributed by atoms with Gasteiger partial charge in [0, 0.05) is 72.5 Å². The number of rotatable bonds is 8. The summed E-state index contributed by atoms with van der Waals surface area (Å²) < 4.78 is 13.5. The van der Waals surface area contributed by atoms with Gasteiger partial charge in [-0.15, -0.1) is 54.6 Å². The fourth-order valence-corrected chi connectivity index (χ4v) is 16.9. The van der Waals surface area contributed by atoms with E-state index in [1.165, 1.54) is 0 Å². The van der Waals surface area contributed by atoms with Gasteiger partial charge in [0.05, 0.1) is 33.4 Å². The predicted octanol–water partition coefficient (Wildman–Crippen LogP) is -1.66. The van der Waals surface area contributed by atoms with Crippen LogP contribution in [0.5, 0.6) is 11.5 Å². The second kappa shape index (κ2) is 24.9. The smallest absolute Gasteiger partial charge is 0.256 e. The topological polar surface area (TPSA) is 27.3 Å². The Balaban J connectivity index is 0.892. The molecule has 0 aliphatic carbocycles. The minimum atomic E-state index is -0.441. The quantitative estimate of drug-likeness (QED) is 0.171. The van der Waals surface area contributed by atoms with E-state index in [9.17, 15) is 0 Å². The molecule has 0 fully saturated rings. The number of nitrogens with zero attached hydrogens (tertiary/aromatic N) is 4. The molecule has 454 valence electrons. The highest BCUT2D eigenvalue weighted by Crippen LogP contribution is 2.51. The van der Waals surface area contributed by atoms with Crippen LogP contribution < -0.4 is 124 Å². The first-order chi connectivity index (χ1) is 52.1. The Labute approximate surface area is 649 Å². The summed E-state index contributed by atoms with van der Waals surface area (Å²) in [5.41, 5.74) is 19.8. The molecule has 24 heteroatoms. The van der Waals surface area contributed by atoms with Crippen LogP contribution in [0.25, 0.3) is 127 Å². The standard InChI is InChI=1S/C84H35B19N4O/c85-61-59-47-30-38(24-28-53(47)106(81(59)73(97)67(91)63(61)87)83-75(99)69(93)65(89)70(94)76(83)100)40-22-26-49-55(32-40)105(80-43(36-12-3-1-4-13-36)18-11-19-44(80)37-14-5-2-6-15-37)56-34-42(104-51-20-9-7-16-45(51)46-17-8-10-21-52(46)104)35-58-79(56)103(49)50-27-23-41(33-57(50)108-58)39-25-29-54-48(31-39)60-62(86)64(88)68(92)74(98)82(60)107(54)84-77(101)71(95)66(90)72(96)78(84)102/h1-35H. The molecule has 108 heavy (non-hydrogen) atoms. The van der Waals surface area contributed by atoms with E-state index in [0.29, 0.717) is 55.1 Å². The maximum Gasteiger partial charge on any atom is 0.256 e. The zero-order valence-electron chi connectivity index (χ0n) is 57.9. The van der Waals surface area contributed by atoms with Crippen molar-refractivity contribution < 1.29 is 4.74 Å². The van der Waals surface area contributed by atoms with E-state index in [0.717, 1.165) is 105 Å². The molecule has 5 nitrogen and oxygen atoms in total. The van der Waals surface area contributed by atoms with Crippen molar-refractivity contribution >= 4 is 345 Å². The summed E-state index contributed by atoms with van der Waals surface area (Å²) >= 11 is 0. The first kappa shape index (κ1) is 67.9. The minimum Gasteiger partial charge on any atom is -0.458 e. The Kier molecular flexibility index (Phi) is 15.7. The summed E-state index contributed by atoms with van der Waals surface area (Å²) in [5.74, 6) is 1.27. The van der Waals surface area contributed by atoms with Crippen LogP contribution in [0.1, 0.15) is 0 Å². The van der Waals surface area contributed by atoms with Gasteiger partial charge in [0.25, 0.3) is 6.71 Å². The van der Waals surface area contributed by atoms with Crippen molar-refractivity contribution in [3.05, 3.63) is 212 Å². The van der Waals surface area contributed by atoms with Gasteiger partial charge in [-0.3, -0.25) is 0 Å². The average molecular weight is 1320 g/mol. The zero-order chi connectivity index (χ0) is 74.6. The summed E-state index contributed by atoms with van der Waals surface area (Å²) in [5, 5.41) is 4.49. The SMILES string of the molecule is [B]c1c([B])c([B])c(-n2c3ccc(-c4ccc5c(c4)Oc4cc(-n6c7ccccc7c7ccccc76)cc6c4B5c4ccc(-c5ccc7c(c5)c5c([B])c([B])c([B])c([B])c5n7-c5c([B])c([B])c([B])c([B])c5[B])cc4N6c4c(-c5ccccc5)cccc4-c4ccccc4)cc3c3c([B])c([B])c([B])c([B])c32)c([B])c1[B]. The van der Waals surface area contributed by atoms with Gasteiger partial charge in [0.2, 0.25) is 0 Å². The fourth-order valence-electron chi connectivity index (χ4n) is 16.9. The average Bonchev–Trinajstić information content (AvgIpc) is 0.967. The molecule has 14 aromatic carbocycles. The summed E-state index contributed by atoms with van der Waals surface area (Å²) in [6.07, 6.45) is 0. The maximum absolute atomic E-state index is 7.64. The molecule has 0 atom stereocenters. The van der Waals surface area contributed by atoms with Crippen LogP contribution >= 0.6 is 0 Å². The Bertz CT molecular complexity index is 6740. The number of benzene rings is 14. The first-order valence-corrected chi connectivity index (χ1v) is 34.7. The lowest BCUT2D eigenvalue weighted by Gasteiger charge is -2.42. The van der Waals surface area contributed by atoms with Crippen molar-refractivity contribution in [3.8, 4) is 73.1 Å². The van der Waals surface area contributed by atoms with Gasteiger partial charge in [0.1, 0.15) is 153 Å². The van der Waals surface area contributed by atoms with E-state index in [4.69, 9.17) is 146 Å². The molecule has 0 bridgehead atoms. The van der Waals surface area contributed by atoms with Gasteiger partial charge in [-0.25, -0.2) is 0 Å². The van der Waals surface area contributed by atoms with Crippen LogP contribution in [0.15, 0.2) is 212 Å². The van der Waals surface area contributed by atoms with E-state index in [2.05, 4.69) is 179 Å². The van der Waals surface area contributed by atoms with Crippen LogP contribution in [0.2, 0.25) is 0 Å². The van der Waals surface area contributed by atoms with Crippen LogP contribution in [0.3, 0.4) is 0 Å². The molecule has 36 radical (unpaired) electrons. The summed E-state index contributed by atoms with van der Waals surface area (Å²) in [6.45, 7) is -0.441. The predicted molar refractivity (Wildman–Crippen MR) is 474 cm³/mol. The summed E-state index contributed by atoms with van der Waals surface area (Å²) in [6, 6.07) is 73.9. The molecule has 3 aromatic heterocycles. The van der Waals surface area contributed by atoms with E-state index >= 15 is 0 Å². The molecular weight excluding hydrogens is 1290 g/mol. The molecule has 0 saturated heterocycles. The van der Waals surface area contributed by atoms with Crippen LogP contribution in [-0.2, 0) is 0 Å². The molecule has 2 aliphatic rings. The van der Waals surface area contributed by atoms with E-state index < -0.39 is 6.71 Å². The van der Waals surface area contributed by atoms with Gasteiger partial charge in [-0.2, -0.15) is 0 Å². The number of hydrogen-bond acceptors (Lipinski definition) is 2. The third kappa shape index (κ3) is 9.59. The van der Waals surface area contributed by atoms with E-state index in [1.54, 1.807) is 9.13 Å².